The van der Waals surface area contributed by atoms with Crippen LogP contribution >= 0.6 is 0 Å². The first kappa shape index (κ1) is 15.8. The molecule has 0 unspecified atom stereocenters. The Kier molecular flexibility index (Phi) is 5.39. The first-order valence-electron chi connectivity index (χ1n) is 5.84. The van der Waals surface area contributed by atoms with Gasteiger partial charge in [0, 0.05) is 17.5 Å². The van der Waals surface area contributed by atoms with Crippen molar-refractivity contribution in [2.45, 2.75) is 12.8 Å². The fourth-order valence-corrected chi connectivity index (χ4v) is 1.96. The predicted molar refractivity (Wildman–Crippen MR) is 67.3 cm³/mol. The second-order valence-electron chi connectivity index (χ2n) is 4.29. The summed E-state index contributed by atoms with van der Waals surface area (Å²) in [5.41, 5.74) is 0.430. The summed E-state index contributed by atoms with van der Waals surface area (Å²) in [5, 5.41) is 11.7. The first-order chi connectivity index (χ1) is 9.38. The molecule has 0 fully saturated rings. The second-order valence-corrected chi connectivity index (χ2v) is 4.29. The van der Waals surface area contributed by atoms with Crippen molar-refractivity contribution in [2.24, 2.45) is 5.92 Å². The Labute approximate surface area is 115 Å². The highest BCUT2D eigenvalue weighted by Gasteiger charge is 2.39. The smallest absolute Gasteiger partial charge is 0.257 e. The minimum absolute atomic E-state index is 0.430. The van der Waals surface area contributed by atoms with E-state index in [1.54, 1.807) is 0 Å². The number of amides is 1. The highest BCUT2D eigenvalue weighted by atomic mass is 16.7. The number of hydrogen-bond acceptors (Lipinski definition) is 6. The van der Waals surface area contributed by atoms with Crippen LogP contribution in [-0.4, -0.2) is 42.4 Å². The Morgan fingerprint density at radius 1 is 1.55 bits per heavy atom. The Morgan fingerprint density at radius 3 is 2.60 bits per heavy atom. The van der Waals surface area contributed by atoms with Crippen LogP contribution in [0.2, 0.25) is 0 Å². The van der Waals surface area contributed by atoms with Crippen molar-refractivity contribution in [1.29, 1.82) is 0 Å². The van der Waals surface area contributed by atoms with E-state index >= 15 is 0 Å². The van der Waals surface area contributed by atoms with Crippen LogP contribution in [0, 0.1) is 16.0 Å². The molecule has 20 heavy (non-hydrogen) atoms. The van der Waals surface area contributed by atoms with Crippen LogP contribution < -0.4 is 0 Å². The van der Waals surface area contributed by atoms with Gasteiger partial charge in [-0.25, -0.2) is 5.06 Å². The molecule has 0 saturated heterocycles. The Morgan fingerprint density at radius 2 is 2.20 bits per heavy atom. The minimum atomic E-state index is -1.19. The third-order valence-electron chi connectivity index (χ3n) is 3.01. The maximum absolute atomic E-state index is 12.2. The molecule has 0 spiro atoms. The fraction of sp³-hybridized carbons (Fsp3) is 0.500. The lowest BCUT2D eigenvalue weighted by Crippen LogP contribution is -2.40. The van der Waals surface area contributed by atoms with Crippen LogP contribution in [0.5, 0.6) is 0 Å². The molecule has 8 heteroatoms. The van der Waals surface area contributed by atoms with Gasteiger partial charge in [0.2, 0.25) is 6.54 Å². The van der Waals surface area contributed by atoms with Gasteiger partial charge in [0.25, 0.3) is 5.91 Å². The summed E-state index contributed by atoms with van der Waals surface area (Å²) in [6.45, 7) is 0.673. The second kappa shape index (κ2) is 6.80. The van der Waals surface area contributed by atoms with Crippen LogP contribution in [0.25, 0.3) is 0 Å². The number of carbonyl (C=O) groups excluding carboxylic acids is 2. The highest BCUT2D eigenvalue weighted by Crippen LogP contribution is 2.28. The monoisotopic (exact) mass is 284 g/mol. The van der Waals surface area contributed by atoms with Gasteiger partial charge in [-0.2, -0.15) is 0 Å². The Balaban J connectivity index is 3.15. The number of hydroxylamine groups is 2. The zero-order valence-corrected chi connectivity index (χ0v) is 11.4. The van der Waals surface area contributed by atoms with Crippen molar-refractivity contribution in [1.82, 2.24) is 5.06 Å². The number of ketones is 1. The van der Waals surface area contributed by atoms with E-state index in [0.717, 1.165) is 5.06 Å². The lowest BCUT2D eigenvalue weighted by Gasteiger charge is -2.24. The number of hydrogen-bond donors (Lipinski definition) is 0. The van der Waals surface area contributed by atoms with Crippen molar-refractivity contribution < 1.29 is 23.8 Å². The van der Waals surface area contributed by atoms with Crippen LogP contribution in [0.1, 0.15) is 18.4 Å². The summed E-state index contributed by atoms with van der Waals surface area (Å²) in [6.07, 6.45) is 2.63. The van der Waals surface area contributed by atoms with Gasteiger partial charge in [-0.1, -0.05) is 0 Å². The molecule has 1 amide bonds. The summed E-state index contributed by atoms with van der Waals surface area (Å²) in [4.78, 5) is 38.9. The van der Waals surface area contributed by atoms with E-state index in [0.29, 0.717) is 5.56 Å². The highest BCUT2D eigenvalue weighted by molar-refractivity contribution is 6.00. The molecule has 1 rings (SSSR count). The first-order valence-corrected chi connectivity index (χ1v) is 5.84. The van der Waals surface area contributed by atoms with Gasteiger partial charge in [0.05, 0.1) is 25.6 Å². The van der Waals surface area contributed by atoms with E-state index in [9.17, 15) is 19.7 Å². The summed E-state index contributed by atoms with van der Waals surface area (Å²) in [6, 6.07) is 1.50. The number of rotatable bonds is 7. The van der Waals surface area contributed by atoms with E-state index in [4.69, 9.17) is 9.25 Å². The molecule has 0 N–H and O–H groups in total. The fourth-order valence-electron chi connectivity index (χ4n) is 1.96. The van der Waals surface area contributed by atoms with Gasteiger partial charge in [0.1, 0.15) is 11.7 Å². The van der Waals surface area contributed by atoms with Crippen molar-refractivity contribution in [3.05, 3.63) is 34.3 Å². The quantitative estimate of drug-likeness (QED) is 0.418. The normalized spacial score (nSPS) is 13.6. The van der Waals surface area contributed by atoms with Crippen LogP contribution in [0.15, 0.2) is 23.0 Å². The molecule has 0 aliphatic heterocycles. The van der Waals surface area contributed by atoms with E-state index in [1.807, 2.05) is 0 Å². The molecule has 1 heterocycles. The number of furan rings is 1. The zero-order valence-electron chi connectivity index (χ0n) is 11.4. The maximum Gasteiger partial charge on any atom is 0.257 e. The number of carbonyl (C=O) groups is 2. The number of Topliss-reactive ketones (excluding diaryl/α,β-unsaturated/α-hetero) is 1. The van der Waals surface area contributed by atoms with E-state index in [1.165, 1.54) is 39.7 Å². The summed E-state index contributed by atoms with van der Waals surface area (Å²) >= 11 is 0. The van der Waals surface area contributed by atoms with Gasteiger partial charge in [0.15, 0.2) is 0 Å². The molecule has 1 aromatic rings. The van der Waals surface area contributed by atoms with Gasteiger partial charge in [-0.15, -0.1) is 0 Å². The molecule has 0 radical (unpaired) electrons. The molecular formula is C12H16N2O6. The lowest BCUT2D eigenvalue weighted by molar-refractivity contribution is -0.484. The molecule has 2 atom stereocenters. The molecule has 8 nitrogen and oxygen atoms in total. The van der Waals surface area contributed by atoms with Crippen molar-refractivity contribution in [3.63, 3.8) is 0 Å². The van der Waals surface area contributed by atoms with Crippen molar-refractivity contribution in [3.8, 4) is 0 Å². The van der Waals surface area contributed by atoms with Gasteiger partial charge < -0.3 is 4.42 Å². The molecule has 1 aromatic heterocycles. The summed E-state index contributed by atoms with van der Waals surface area (Å²) in [7, 11) is 2.62. The van der Waals surface area contributed by atoms with E-state index in [2.05, 4.69) is 0 Å². The third kappa shape index (κ3) is 3.64. The third-order valence-corrected chi connectivity index (χ3v) is 3.01. The molecule has 0 aliphatic carbocycles. The Hall–Kier alpha value is -2.22. The zero-order chi connectivity index (χ0) is 15.3. The average Bonchev–Trinajstić information content (AvgIpc) is 2.89. The van der Waals surface area contributed by atoms with Crippen LogP contribution in [0.3, 0.4) is 0 Å². The predicted octanol–water partition coefficient (Wildman–Crippen LogP) is 0.865. The van der Waals surface area contributed by atoms with E-state index < -0.39 is 35.0 Å². The van der Waals surface area contributed by atoms with Crippen LogP contribution in [0.4, 0.5) is 0 Å². The molecule has 0 aliphatic rings. The molecule has 0 saturated carbocycles. The summed E-state index contributed by atoms with van der Waals surface area (Å²) in [5.74, 6) is -3.19. The average molecular weight is 284 g/mol. The number of nitro groups is 1. The van der Waals surface area contributed by atoms with Gasteiger partial charge in [-0.05, 0) is 13.0 Å². The topological polar surface area (TPSA) is 103 Å². The Bertz CT molecular complexity index is 484. The van der Waals surface area contributed by atoms with Gasteiger partial charge >= 0.3 is 0 Å². The summed E-state index contributed by atoms with van der Waals surface area (Å²) < 4.78 is 4.88. The lowest BCUT2D eigenvalue weighted by atomic mass is 9.84. The minimum Gasteiger partial charge on any atom is -0.472 e. The SMILES string of the molecule is CON(C)C(=O)[C@H](C(C)=O)[C@H](C[N+](=O)[O-])c1ccoc1. The molecule has 0 bridgehead atoms. The van der Waals surface area contributed by atoms with E-state index in [-0.39, 0.29) is 0 Å². The molecular weight excluding hydrogens is 268 g/mol. The van der Waals surface area contributed by atoms with Crippen molar-refractivity contribution in [2.75, 3.05) is 20.7 Å². The standard InChI is InChI=1S/C12H16N2O6/c1-8(15)11(12(16)13(2)19-3)10(6-14(17)18)9-4-5-20-7-9/h4-5,7,10-11H,6H2,1-3H3/t10-,11-/m1/s1. The van der Waals surface area contributed by atoms with Crippen LogP contribution in [-0.2, 0) is 14.4 Å². The molecule has 0 aromatic carbocycles. The largest absolute Gasteiger partial charge is 0.472 e. The maximum atomic E-state index is 12.2. The number of nitrogens with zero attached hydrogens (tertiary/aromatic N) is 2. The van der Waals surface area contributed by atoms with Crippen molar-refractivity contribution >= 4 is 11.7 Å². The van der Waals surface area contributed by atoms with Gasteiger partial charge in [-0.3, -0.25) is 24.5 Å². The molecule has 110 valence electrons.